The van der Waals surface area contributed by atoms with Gasteiger partial charge in [0.2, 0.25) is 0 Å². The van der Waals surface area contributed by atoms with Crippen LogP contribution in [-0.2, 0) is 13.9 Å². The summed E-state index contributed by atoms with van der Waals surface area (Å²) in [7, 11) is -5.38. The quantitative estimate of drug-likeness (QED) is 0.144. The van der Waals surface area contributed by atoms with E-state index in [9.17, 15) is 24.3 Å². The molecule has 0 aromatic heterocycles. The van der Waals surface area contributed by atoms with Crippen molar-refractivity contribution >= 4 is 13.8 Å². The molecule has 38 heavy (non-hydrogen) atoms. The Bertz CT molecular complexity index is 601. The van der Waals surface area contributed by atoms with Crippen molar-refractivity contribution in [3.05, 3.63) is 0 Å². The van der Waals surface area contributed by atoms with E-state index in [0.717, 1.165) is 18.1 Å². The molecule has 0 heterocycles. The van der Waals surface area contributed by atoms with Crippen LogP contribution in [-0.4, -0.2) is 75.5 Å². The third-order valence-corrected chi connectivity index (χ3v) is 7.35. The van der Waals surface area contributed by atoms with Gasteiger partial charge in [-0.15, -0.1) is 0 Å². The van der Waals surface area contributed by atoms with Crippen molar-refractivity contribution in [2.24, 2.45) is 0 Å². The lowest BCUT2D eigenvalue weighted by Crippen LogP contribution is -2.61. The molecule has 3 fully saturated rings. The summed E-state index contributed by atoms with van der Waals surface area (Å²) in [6, 6.07) is 2.36. The number of aliphatic carboxylic acids is 1. The topological polar surface area (TPSA) is 276 Å². The second kappa shape index (κ2) is 21.1. The second-order valence-electron chi connectivity index (χ2n) is 10.6. The second-order valence-corrected chi connectivity index (χ2v) is 11.7. The van der Waals surface area contributed by atoms with Crippen molar-refractivity contribution in [2.45, 2.75) is 139 Å². The fourth-order valence-electron chi connectivity index (χ4n) is 4.38. The van der Waals surface area contributed by atoms with Gasteiger partial charge in [-0.3, -0.25) is 0 Å². The Hall–Kier alpha value is -0.700. The Morgan fingerprint density at radius 2 is 1.03 bits per heavy atom. The number of phosphoric ester groups is 1. The van der Waals surface area contributed by atoms with Crippen LogP contribution in [0.4, 0.5) is 0 Å². The number of aliphatic hydroxyl groups is 4. The fourth-order valence-corrected chi connectivity index (χ4v) is 4.72. The van der Waals surface area contributed by atoms with Crippen LogP contribution >= 0.6 is 7.82 Å². The molecule has 3 aliphatic carbocycles. The van der Waals surface area contributed by atoms with Gasteiger partial charge in [-0.2, -0.15) is 0 Å². The SMILES string of the molecule is O=C([O-])C(O)C(O)C(O)C(O)COP(=O)([O-])[O-].[NH3+]C1CCCCC1.[NH3+]C1CCCCC1.[NH3+]C1CCCCC1. The monoisotopic (exact) mass is 573 g/mol. The molecule has 3 saturated carbocycles. The van der Waals surface area contributed by atoms with Gasteiger partial charge in [0.05, 0.1) is 38.5 Å². The number of hydrogen-bond acceptors (Lipinski definition) is 10. The number of hydrogen-bond donors (Lipinski definition) is 7. The molecule has 0 radical (unpaired) electrons. The lowest BCUT2D eigenvalue weighted by molar-refractivity contribution is -0.425. The molecule has 0 amide bonds. The fraction of sp³-hybridized carbons (Fsp3) is 0.958. The van der Waals surface area contributed by atoms with Gasteiger partial charge in [0.15, 0.2) is 0 Å². The predicted molar refractivity (Wildman–Crippen MR) is 132 cm³/mol. The summed E-state index contributed by atoms with van der Waals surface area (Å²) in [6.07, 6.45) is 12.0. The van der Waals surface area contributed by atoms with Crippen LogP contribution in [0.15, 0.2) is 0 Å². The third kappa shape index (κ3) is 20.2. The van der Waals surface area contributed by atoms with Crippen molar-refractivity contribution in [3.63, 3.8) is 0 Å². The molecule has 3 rings (SSSR count). The molecule has 0 bridgehead atoms. The Morgan fingerprint density at radius 3 is 1.24 bits per heavy atom. The first-order chi connectivity index (χ1) is 17.7. The standard InChI is InChI=1S/3C6H13N.C6H13O10P/c3*7-6-4-2-1-3-5-6;7-2(1-16-17(13,14)15)3(8)4(9)5(10)6(11)12/h3*6H,1-5,7H2;2-5,7-10H,1H2,(H,11,12)(H2,13,14,15). The molecular formula is C24H52N3O10P. The number of quaternary nitrogens is 3. The maximum Gasteiger partial charge on any atom is 0.122 e. The van der Waals surface area contributed by atoms with Gasteiger partial charge in [-0.1, -0.05) is 19.3 Å². The largest absolute Gasteiger partial charge is 0.790 e. The number of rotatable bonds is 7. The molecule has 0 aromatic rings. The zero-order chi connectivity index (χ0) is 29.1. The Labute approximate surface area is 226 Å². The average Bonchev–Trinajstić information content (AvgIpc) is 2.88. The van der Waals surface area contributed by atoms with Crippen LogP contribution in [0.1, 0.15) is 96.3 Å². The van der Waals surface area contributed by atoms with Crippen molar-refractivity contribution < 1.29 is 66.4 Å². The maximum absolute atomic E-state index is 10.1. The van der Waals surface area contributed by atoms with Crippen molar-refractivity contribution in [1.29, 1.82) is 0 Å². The van der Waals surface area contributed by atoms with E-state index >= 15 is 0 Å². The van der Waals surface area contributed by atoms with E-state index < -0.39 is 44.8 Å². The highest BCUT2D eigenvalue weighted by Gasteiger charge is 2.31. The highest BCUT2D eigenvalue weighted by molar-refractivity contribution is 7.43. The van der Waals surface area contributed by atoms with Crippen LogP contribution in [0.25, 0.3) is 0 Å². The normalized spacial score (nSPS) is 22.7. The minimum Gasteiger partial charge on any atom is -0.790 e. The van der Waals surface area contributed by atoms with Crippen molar-refractivity contribution in [3.8, 4) is 0 Å². The zero-order valence-corrected chi connectivity index (χ0v) is 23.6. The number of aliphatic hydroxyl groups excluding tert-OH is 4. The van der Waals surface area contributed by atoms with E-state index in [1.807, 2.05) is 0 Å². The zero-order valence-electron chi connectivity index (χ0n) is 22.7. The first kappa shape index (κ1) is 37.3. The highest BCUT2D eigenvalue weighted by Crippen LogP contribution is 2.25. The van der Waals surface area contributed by atoms with E-state index in [-0.39, 0.29) is 0 Å². The molecule has 13 nitrogen and oxygen atoms in total. The van der Waals surface area contributed by atoms with E-state index in [2.05, 4.69) is 21.7 Å². The summed E-state index contributed by atoms with van der Waals surface area (Å²) >= 11 is 0. The number of phosphoric acid groups is 1. The summed E-state index contributed by atoms with van der Waals surface area (Å²) in [5.41, 5.74) is 12.0. The average molecular weight is 574 g/mol. The Kier molecular flexibility index (Phi) is 20.7. The third-order valence-electron chi connectivity index (χ3n) is 6.89. The van der Waals surface area contributed by atoms with Crippen molar-refractivity contribution in [2.75, 3.05) is 6.61 Å². The molecule has 0 aromatic carbocycles. The van der Waals surface area contributed by atoms with Gasteiger partial charge in [0.1, 0.15) is 24.4 Å². The molecule has 3 aliphatic rings. The van der Waals surface area contributed by atoms with Gasteiger partial charge < -0.3 is 66.4 Å². The van der Waals surface area contributed by atoms with E-state index in [0.29, 0.717) is 0 Å². The van der Waals surface area contributed by atoms with Crippen LogP contribution in [0, 0.1) is 0 Å². The molecule has 0 saturated heterocycles. The first-order valence-electron chi connectivity index (χ1n) is 13.8. The van der Waals surface area contributed by atoms with Gasteiger partial charge in [-0.05, 0) is 77.0 Å². The highest BCUT2D eigenvalue weighted by atomic mass is 31.2. The lowest BCUT2D eigenvalue weighted by atomic mass is 9.97. The molecule has 14 heteroatoms. The van der Waals surface area contributed by atoms with Crippen molar-refractivity contribution in [1.82, 2.24) is 0 Å². The van der Waals surface area contributed by atoms with Gasteiger partial charge in [-0.25, -0.2) is 0 Å². The van der Waals surface area contributed by atoms with Crippen LogP contribution in [0.3, 0.4) is 0 Å². The molecule has 228 valence electrons. The van der Waals surface area contributed by atoms with E-state index in [4.69, 9.17) is 20.4 Å². The lowest BCUT2D eigenvalue weighted by Gasteiger charge is -2.32. The maximum atomic E-state index is 10.1. The number of carbonyl (C=O) groups is 1. The van der Waals surface area contributed by atoms with Gasteiger partial charge in [0, 0.05) is 0 Å². The first-order valence-corrected chi connectivity index (χ1v) is 15.3. The number of carboxylic acids is 1. The smallest absolute Gasteiger partial charge is 0.122 e. The summed E-state index contributed by atoms with van der Waals surface area (Å²) in [5, 5.41) is 45.9. The predicted octanol–water partition coefficient (Wildman–Crippen LogP) is -4.29. The summed E-state index contributed by atoms with van der Waals surface area (Å²) < 4.78 is 13.6. The summed E-state index contributed by atoms with van der Waals surface area (Å²) in [6.45, 7) is -1.19. The summed E-state index contributed by atoms with van der Waals surface area (Å²) in [5.74, 6) is -2.11. The van der Waals surface area contributed by atoms with Gasteiger partial charge in [0.25, 0.3) is 0 Å². The number of carbonyl (C=O) groups excluding carboxylic acids is 1. The molecule has 4 unspecified atom stereocenters. The molecular weight excluding hydrogens is 521 g/mol. The van der Waals surface area contributed by atoms with E-state index in [1.165, 1.54) is 96.3 Å². The van der Waals surface area contributed by atoms with Crippen LogP contribution in [0.5, 0.6) is 0 Å². The van der Waals surface area contributed by atoms with Crippen LogP contribution in [0.2, 0.25) is 0 Å². The Morgan fingerprint density at radius 1 is 0.711 bits per heavy atom. The molecule has 0 spiro atoms. The summed E-state index contributed by atoms with van der Waals surface area (Å²) in [4.78, 5) is 30.1. The minimum atomic E-state index is -5.38. The van der Waals surface area contributed by atoms with Gasteiger partial charge >= 0.3 is 0 Å². The molecule has 4 atom stereocenters. The van der Waals surface area contributed by atoms with Crippen LogP contribution < -0.4 is 32.1 Å². The molecule has 13 N–H and O–H groups in total. The minimum absolute atomic E-state index is 0.786. The van der Waals surface area contributed by atoms with E-state index in [1.54, 1.807) is 0 Å². The number of carboxylic acid groups (broad SMARTS) is 1. The molecule has 0 aliphatic heterocycles. The Balaban J connectivity index is 0.000000533.